The van der Waals surface area contributed by atoms with E-state index < -0.39 is 0 Å². The monoisotopic (exact) mass is 323 g/mol. The van der Waals surface area contributed by atoms with Gasteiger partial charge in [0.15, 0.2) is 0 Å². The number of likely N-dealkylation sites (N-methyl/N-ethyl adjacent to an activating group) is 1. The Bertz CT molecular complexity index is 290. The van der Waals surface area contributed by atoms with Crippen molar-refractivity contribution in [1.82, 2.24) is 4.90 Å². The molecule has 1 nitrogen and oxygen atoms in total. The van der Waals surface area contributed by atoms with E-state index in [9.17, 15) is 0 Å². The van der Waals surface area contributed by atoms with Crippen LogP contribution in [0.3, 0.4) is 0 Å². The van der Waals surface area contributed by atoms with Crippen molar-refractivity contribution in [3.05, 3.63) is 11.6 Å². The highest BCUT2D eigenvalue weighted by Crippen LogP contribution is 2.21. The van der Waals surface area contributed by atoms with Gasteiger partial charge in [-0.05, 0) is 51.6 Å². The third kappa shape index (κ3) is 16.3. The first-order chi connectivity index (χ1) is 10.8. The van der Waals surface area contributed by atoms with Crippen molar-refractivity contribution >= 4 is 0 Å². The lowest BCUT2D eigenvalue weighted by atomic mass is 9.91. The first kappa shape index (κ1) is 22.7. The van der Waals surface area contributed by atoms with Crippen molar-refractivity contribution in [1.29, 1.82) is 0 Å². The van der Waals surface area contributed by atoms with Crippen LogP contribution in [0.25, 0.3) is 0 Å². The topological polar surface area (TPSA) is 3.24 Å². The van der Waals surface area contributed by atoms with Crippen LogP contribution in [0.1, 0.15) is 92.4 Å². The molecule has 23 heavy (non-hydrogen) atoms. The molecule has 0 radical (unpaired) electrons. The van der Waals surface area contributed by atoms with Gasteiger partial charge in [0.05, 0.1) is 0 Å². The van der Waals surface area contributed by atoms with E-state index in [0.717, 1.165) is 24.3 Å². The van der Waals surface area contributed by atoms with Crippen LogP contribution < -0.4 is 0 Å². The van der Waals surface area contributed by atoms with E-state index in [4.69, 9.17) is 0 Å². The molecule has 0 aliphatic carbocycles. The Balaban J connectivity index is 3.59. The van der Waals surface area contributed by atoms with E-state index in [1.807, 2.05) is 0 Å². The zero-order chi connectivity index (χ0) is 17.7. The van der Waals surface area contributed by atoms with Gasteiger partial charge in [0.25, 0.3) is 0 Å². The van der Waals surface area contributed by atoms with Crippen LogP contribution in [0.2, 0.25) is 0 Å². The Morgan fingerprint density at radius 2 is 1.26 bits per heavy atom. The Morgan fingerprint density at radius 1 is 0.783 bits per heavy atom. The second-order valence-electron chi connectivity index (χ2n) is 8.67. The second kappa shape index (κ2) is 14.1. The average Bonchev–Trinajstić information content (AvgIpc) is 2.44. The molecular weight excluding hydrogens is 278 g/mol. The molecule has 0 aliphatic heterocycles. The van der Waals surface area contributed by atoms with E-state index in [0.29, 0.717) is 0 Å². The minimum Gasteiger partial charge on any atom is -0.306 e. The predicted octanol–water partition coefficient (Wildman–Crippen LogP) is 6.93. The average molecular weight is 324 g/mol. The van der Waals surface area contributed by atoms with Crippen molar-refractivity contribution in [2.24, 2.45) is 17.8 Å². The summed E-state index contributed by atoms with van der Waals surface area (Å²) in [5.74, 6) is 2.70. The minimum atomic E-state index is 0.873. The molecule has 0 aromatic carbocycles. The molecule has 0 N–H and O–H groups in total. The summed E-state index contributed by atoms with van der Waals surface area (Å²) in [7, 11) is 4.27. The van der Waals surface area contributed by atoms with Gasteiger partial charge in [-0.3, -0.25) is 0 Å². The quantitative estimate of drug-likeness (QED) is 0.313. The highest BCUT2D eigenvalue weighted by atomic mass is 15.0. The van der Waals surface area contributed by atoms with E-state index in [-0.39, 0.29) is 0 Å². The van der Waals surface area contributed by atoms with E-state index >= 15 is 0 Å². The highest BCUT2D eigenvalue weighted by molar-refractivity contribution is 4.98. The van der Waals surface area contributed by atoms with E-state index in [1.165, 1.54) is 57.8 Å². The number of rotatable bonds is 14. The first-order valence-corrected chi connectivity index (χ1v) is 10.1. The summed E-state index contributed by atoms with van der Waals surface area (Å²) in [5.41, 5.74) is 1.56. The summed E-state index contributed by atoms with van der Waals surface area (Å²) >= 11 is 0. The summed E-state index contributed by atoms with van der Waals surface area (Å²) < 4.78 is 0. The van der Waals surface area contributed by atoms with Crippen molar-refractivity contribution in [2.45, 2.75) is 92.4 Å². The zero-order valence-electron chi connectivity index (χ0n) is 17.3. The third-order valence-corrected chi connectivity index (χ3v) is 4.95. The molecule has 0 saturated carbocycles. The van der Waals surface area contributed by atoms with Gasteiger partial charge in [-0.25, -0.2) is 0 Å². The van der Waals surface area contributed by atoms with E-state index in [1.54, 1.807) is 5.57 Å². The lowest BCUT2D eigenvalue weighted by Crippen LogP contribution is -2.11. The molecule has 0 aromatic rings. The van der Waals surface area contributed by atoms with Crippen LogP contribution in [0.5, 0.6) is 0 Å². The van der Waals surface area contributed by atoms with Crippen LogP contribution in [0.4, 0.5) is 0 Å². The van der Waals surface area contributed by atoms with Crippen LogP contribution in [-0.4, -0.2) is 25.5 Å². The predicted molar refractivity (Wildman–Crippen MR) is 107 cm³/mol. The lowest BCUT2D eigenvalue weighted by molar-refractivity contribution is 0.389. The van der Waals surface area contributed by atoms with Gasteiger partial charge in [-0.1, -0.05) is 84.3 Å². The highest BCUT2D eigenvalue weighted by Gasteiger charge is 2.06. The maximum Gasteiger partial charge on any atom is 0.0159 e. The zero-order valence-corrected chi connectivity index (χ0v) is 17.3. The molecule has 2 unspecified atom stereocenters. The molecule has 0 rings (SSSR count). The summed E-state index contributed by atoms with van der Waals surface area (Å²) in [5, 5.41) is 0. The number of nitrogens with zero attached hydrogens (tertiary/aromatic N) is 1. The SMILES string of the molecule is CC(=CCN(C)C)CCCC(C)CCCC(C)CCCC(C)C. The number of hydrogen-bond acceptors (Lipinski definition) is 1. The third-order valence-electron chi connectivity index (χ3n) is 4.95. The minimum absolute atomic E-state index is 0.873. The number of allylic oxidation sites excluding steroid dienone is 1. The normalized spacial score (nSPS) is 15.4. The Kier molecular flexibility index (Phi) is 13.9. The molecule has 0 aromatic heterocycles. The molecule has 2 atom stereocenters. The largest absolute Gasteiger partial charge is 0.306 e. The summed E-state index contributed by atoms with van der Waals surface area (Å²) in [6, 6.07) is 0. The second-order valence-corrected chi connectivity index (χ2v) is 8.67. The van der Waals surface area contributed by atoms with Gasteiger partial charge in [0.1, 0.15) is 0 Å². The van der Waals surface area contributed by atoms with Gasteiger partial charge in [-0.15, -0.1) is 0 Å². The van der Waals surface area contributed by atoms with Crippen molar-refractivity contribution in [3.8, 4) is 0 Å². The van der Waals surface area contributed by atoms with Gasteiger partial charge in [-0.2, -0.15) is 0 Å². The molecule has 0 aliphatic rings. The van der Waals surface area contributed by atoms with Crippen LogP contribution in [0, 0.1) is 17.8 Å². The van der Waals surface area contributed by atoms with Gasteiger partial charge in [0.2, 0.25) is 0 Å². The van der Waals surface area contributed by atoms with Crippen molar-refractivity contribution in [2.75, 3.05) is 20.6 Å². The van der Waals surface area contributed by atoms with Crippen LogP contribution in [-0.2, 0) is 0 Å². The Hall–Kier alpha value is -0.300. The molecule has 0 fully saturated rings. The van der Waals surface area contributed by atoms with Crippen molar-refractivity contribution in [3.63, 3.8) is 0 Å². The molecule has 0 saturated heterocycles. The molecule has 138 valence electrons. The van der Waals surface area contributed by atoms with Gasteiger partial charge < -0.3 is 4.90 Å². The van der Waals surface area contributed by atoms with Gasteiger partial charge in [0, 0.05) is 6.54 Å². The molecule has 0 bridgehead atoms. The summed E-state index contributed by atoms with van der Waals surface area (Å²) in [6.07, 6.45) is 15.0. The smallest absolute Gasteiger partial charge is 0.0159 e. The first-order valence-electron chi connectivity index (χ1n) is 10.1. The fourth-order valence-corrected chi connectivity index (χ4v) is 3.15. The molecule has 0 amide bonds. The lowest BCUT2D eigenvalue weighted by Gasteiger charge is -2.15. The molecular formula is C22H45N. The Morgan fingerprint density at radius 3 is 1.74 bits per heavy atom. The molecule has 0 heterocycles. The standard InChI is InChI=1S/C22H45N/c1-19(2)11-8-12-20(3)13-9-14-21(4)15-10-16-22(5)17-18-23(6)7/h17,19-21H,8-16,18H2,1-7H3. The molecule has 1 heteroatoms. The number of hydrogen-bond donors (Lipinski definition) is 0. The summed E-state index contributed by atoms with van der Waals surface area (Å²) in [6.45, 7) is 12.9. The van der Waals surface area contributed by atoms with Crippen LogP contribution >= 0.6 is 0 Å². The Labute approximate surface area is 147 Å². The van der Waals surface area contributed by atoms with Gasteiger partial charge >= 0.3 is 0 Å². The summed E-state index contributed by atoms with van der Waals surface area (Å²) in [4.78, 5) is 2.23. The maximum absolute atomic E-state index is 2.45. The molecule has 0 spiro atoms. The fourth-order valence-electron chi connectivity index (χ4n) is 3.15. The van der Waals surface area contributed by atoms with Crippen molar-refractivity contribution < 1.29 is 0 Å². The van der Waals surface area contributed by atoms with Crippen LogP contribution in [0.15, 0.2) is 11.6 Å². The van der Waals surface area contributed by atoms with E-state index in [2.05, 4.69) is 59.7 Å². The maximum atomic E-state index is 2.45. The fraction of sp³-hybridized carbons (Fsp3) is 0.909.